The van der Waals surface area contributed by atoms with Crippen LogP contribution in [0.15, 0.2) is 42.5 Å². The smallest absolute Gasteiger partial charge is 0.268 e. The molecule has 3 nitrogen and oxygen atoms in total. The molecule has 0 fully saturated rings. The van der Waals surface area contributed by atoms with Crippen LogP contribution in [0.2, 0.25) is 0 Å². The van der Waals surface area contributed by atoms with Gasteiger partial charge in [0.05, 0.1) is 0 Å². The van der Waals surface area contributed by atoms with Gasteiger partial charge in [-0.05, 0) is 36.6 Å². The van der Waals surface area contributed by atoms with Crippen LogP contribution in [-0.4, -0.2) is 17.4 Å². The van der Waals surface area contributed by atoms with Crippen LogP contribution in [0.4, 0.5) is 4.39 Å². The first-order valence-corrected chi connectivity index (χ1v) is 7.77. The summed E-state index contributed by atoms with van der Waals surface area (Å²) in [5.41, 5.74) is 3.37. The van der Waals surface area contributed by atoms with Crippen molar-refractivity contribution < 1.29 is 9.18 Å². The third kappa shape index (κ3) is 2.84. The topological polar surface area (TPSA) is 44.9 Å². The predicted octanol–water partition coefficient (Wildman–Crippen LogP) is 4.42. The molecule has 0 unspecified atom stereocenters. The molecule has 3 rings (SSSR count). The number of aryl methyl sites for hydroxylation is 1. The fourth-order valence-electron chi connectivity index (χ4n) is 2.69. The van der Waals surface area contributed by atoms with E-state index in [2.05, 4.69) is 10.3 Å². The van der Waals surface area contributed by atoms with E-state index < -0.39 is 0 Å². The number of carbonyl (C=O) groups excluding carboxylic acids is 1. The van der Waals surface area contributed by atoms with Crippen LogP contribution < -0.4 is 5.32 Å². The minimum atomic E-state index is -0.271. The first kappa shape index (κ1) is 15.3. The molecule has 4 heteroatoms. The number of hydrogen-bond donors (Lipinski definition) is 2. The minimum Gasteiger partial charge on any atom is -0.351 e. The number of hydrogen-bond acceptors (Lipinski definition) is 1. The highest BCUT2D eigenvalue weighted by Crippen LogP contribution is 2.33. The highest BCUT2D eigenvalue weighted by Gasteiger charge is 2.19. The highest BCUT2D eigenvalue weighted by molar-refractivity contribution is 6.09. The van der Waals surface area contributed by atoms with Crippen molar-refractivity contribution in [2.45, 2.75) is 20.3 Å². The fraction of sp³-hybridized carbons (Fsp3) is 0.211. The lowest BCUT2D eigenvalue weighted by molar-refractivity contribution is 0.0950. The Morgan fingerprint density at radius 3 is 2.74 bits per heavy atom. The number of nitrogens with one attached hydrogen (secondary N) is 2. The van der Waals surface area contributed by atoms with E-state index in [-0.39, 0.29) is 11.7 Å². The molecule has 1 aromatic heterocycles. The van der Waals surface area contributed by atoms with E-state index in [1.807, 2.05) is 37.3 Å². The van der Waals surface area contributed by atoms with Gasteiger partial charge in [-0.3, -0.25) is 4.79 Å². The summed E-state index contributed by atoms with van der Waals surface area (Å²) in [7, 11) is 0. The summed E-state index contributed by atoms with van der Waals surface area (Å²) in [6, 6.07) is 12.8. The predicted molar refractivity (Wildman–Crippen MR) is 91.1 cm³/mol. The van der Waals surface area contributed by atoms with Crippen molar-refractivity contribution in [3.8, 4) is 11.1 Å². The number of para-hydroxylation sites is 1. The summed E-state index contributed by atoms with van der Waals surface area (Å²) in [5.74, 6) is -0.438. The second-order valence-corrected chi connectivity index (χ2v) is 5.64. The molecule has 0 atom stereocenters. The van der Waals surface area contributed by atoms with Gasteiger partial charge >= 0.3 is 0 Å². The molecule has 2 aromatic carbocycles. The molecule has 2 N–H and O–H groups in total. The largest absolute Gasteiger partial charge is 0.351 e. The Bertz CT molecular complexity index is 867. The van der Waals surface area contributed by atoms with Gasteiger partial charge in [0.15, 0.2) is 0 Å². The standard InChI is InChI=1S/C19H19FN2O/c1-3-10-21-19(23)18-17(13-9-8-12(2)15(20)11-13)14-6-4-5-7-16(14)22-18/h4-9,11,22H,3,10H2,1-2H3,(H,21,23). The van der Waals surface area contributed by atoms with Gasteiger partial charge in [-0.15, -0.1) is 0 Å². The lowest BCUT2D eigenvalue weighted by Gasteiger charge is -2.07. The molecular weight excluding hydrogens is 291 g/mol. The summed E-state index contributed by atoms with van der Waals surface area (Å²) >= 11 is 0. The number of halogens is 1. The van der Waals surface area contributed by atoms with Gasteiger partial charge in [0.1, 0.15) is 11.5 Å². The number of H-pyrrole nitrogens is 1. The van der Waals surface area contributed by atoms with Crippen LogP contribution in [0.5, 0.6) is 0 Å². The molecular formula is C19H19FN2O. The average molecular weight is 310 g/mol. The average Bonchev–Trinajstić information content (AvgIpc) is 2.94. The minimum absolute atomic E-state index is 0.168. The van der Waals surface area contributed by atoms with Gasteiger partial charge in [0, 0.05) is 23.0 Å². The number of aromatic nitrogens is 1. The number of fused-ring (bicyclic) bond motifs is 1. The molecule has 23 heavy (non-hydrogen) atoms. The second-order valence-electron chi connectivity index (χ2n) is 5.64. The molecule has 118 valence electrons. The van der Waals surface area contributed by atoms with E-state index in [1.165, 1.54) is 6.07 Å². The van der Waals surface area contributed by atoms with Crippen molar-refractivity contribution in [1.82, 2.24) is 10.3 Å². The van der Waals surface area contributed by atoms with Crippen LogP contribution in [0.3, 0.4) is 0 Å². The SMILES string of the molecule is CCCNC(=O)c1[nH]c2ccccc2c1-c1ccc(C)c(F)c1. The number of benzene rings is 2. The zero-order chi connectivity index (χ0) is 16.4. The van der Waals surface area contributed by atoms with E-state index in [4.69, 9.17) is 0 Å². The van der Waals surface area contributed by atoms with Gasteiger partial charge in [0.25, 0.3) is 5.91 Å². The zero-order valence-corrected chi connectivity index (χ0v) is 13.2. The Balaban J connectivity index is 2.19. The maximum atomic E-state index is 14.0. The maximum Gasteiger partial charge on any atom is 0.268 e. The van der Waals surface area contributed by atoms with Gasteiger partial charge in [0.2, 0.25) is 0 Å². The Morgan fingerprint density at radius 1 is 1.22 bits per heavy atom. The van der Waals surface area contributed by atoms with Crippen LogP contribution in [0.25, 0.3) is 22.0 Å². The first-order chi connectivity index (χ1) is 11.1. The van der Waals surface area contributed by atoms with Crippen molar-refractivity contribution in [3.05, 3.63) is 59.5 Å². The number of aromatic amines is 1. The lowest BCUT2D eigenvalue weighted by Crippen LogP contribution is -2.24. The van der Waals surface area contributed by atoms with Crippen molar-refractivity contribution in [3.63, 3.8) is 0 Å². The van der Waals surface area contributed by atoms with E-state index in [1.54, 1.807) is 13.0 Å². The summed E-state index contributed by atoms with van der Waals surface area (Å²) in [6.45, 7) is 4.33. The van der Waals surface area contributed by atoms with Crippen LogP contribution in [-0.2, 0) is 0 Å². The second kappa shape index (κ2) is 6.24. The summed E-state index contributed by atoms with van der Waals surface area (Å²) < 4.78 is 14.0. The van der Waals surface area contributed by atoms with Crippen molar-refractivity contribution in [2.24, 2.45) is 0 Å². The molecule has 0 aliphatic heterocycles. The number of carbonyl (C=O) groups is 1. The van der Waals surface area contributed by atoms with Crippen molar-refractivity contribution >= 4 is 16.8 Å². The molecule has 0 aliphatic carbocycles. The molecule has 0 bridgehead atoms. The third-order valence-corrected chi connectivity index (χ3v) is 3.93. The molecule has 1 amide bonds. The van der Waals surface area contributed by atoms with Gasteiger partial charge in [-0.2, -0.15) is 0 Å². The zero-order valence-electron chi connectivity index (χ0n) is 13.2. The van der Waals surface area contributed by atoms with Crippen LogP contribution in [0, 0.1) is 12.7 Å². The van der Waals surface area contributed by atoms with Crippen molar-refractivity contribution in [1.29, 1.82) is 0 Å². The van der Waals surface area contributed by atoms with E-state index in [0.29, 0.717) is 23.4 Å². The molecule has 0 aliphatic rings. The summed E-state index contributed by atoms with van der Waals surface area (Å²) in [5, 5.41) is 3.80. The van der Waals surface area contributed by atoms with E-state index >= 15 is 0 Å². The quantitative estimate of drug-likeness (QED) is 0.736. The molecule has 0 saturated heterocycles. The van der Waals surface area contributed by atoms with Gasteiger partial charge in [-0.1, -0.05) is 37.3 Å². The van der Waals surface area contributed by atoms with Crippen LogP contribution >= 0.6 is 0 Å². The molecule has 0 saturated carbocycles. The monoisotopic (exact) mass is 310 g/mol. The Hall–Kier alpha value is -2.62. The van der Waals surface area contributed by atoms with E-state index in [9.17, 15) is 9.18 Å². The summed E-state index contributed by atoms with van der Waals surface area (Å²) in [6.07, 6.45) is 0.862. The molecule has 0 radical (unpaired) electrons. The summed E-state index contributed by atoms with van der Waals surface area (Å²) in [4.78, 5) is 15.7. The Labute approximate surface area is 134 Å². The fourth-order valence-corrected chi connectivity index (χ4v) is 2.69. The van der Waals surface area contributed by atoms with Crippen molar-refractivity contribution in [2.75, 3.05) is 6.54 Å². The number of amides is 1. The van der Waals surface area contributed by atoms with E-state index in [0.717, 1.165) is 22.9 Å². The highest BCUT2D eigenvalue weighted by atomic mass is 19.1. The van der Waals surface area contributed by atoms with Gasteiger partial charge < -0.3 is 10.3 Å². The first-order valence-electron chi connectivity index (χ1n) is 7.77. The Morgan fingerprint density at radius 2 is 2.00 bits per heavy atom. The number of rotatable bonds is 4. The molecule has 1 heterocycles. The maximum absolute atomic E-state index is 14.0. The van der Waals surface area contributed by atoms with Gasteiger partial charge in [-0.25, -0.2) is 4.39 Å². The van der Waals surface area contributed by atoms with Crippen LogP contribution in [0.1, 0.15) is 29.4 Å². The lowest BCUT2D eigenvalue weighted by atomic mass is 10.00. The molecule has 0 spiro atoms. The third-order valence-electron chi connectivity index (χ3n) is 3.93. The molecule has 3 aromatic rings. The normalized spacial score (nSPS) is 10.9. The Kier molecular flexibility index (Phi) is 4.15.